The van der Waals surface area contributed by atoms with Gasteiger partial charge in [-0.05, 0) is 36.9 Å². The molecule has 3 rings (SSSR count). The number of benzene rings is 1. The molecule has 0 aliphatic carbocycles. The topological polar surface area (TPSA) is 74.0 Å². The van der Waals surface area contributed by atoms with Crippen molar-refractivity contribution < 1.29 is 4.79 Å². The molecule has 0 fully saturated rings. The average Bonchev–Trinajstić information content (AvgIpc) is 2.89. The van der Waals surface area contributed by atoms with Crippen LogP contribution in [0.2, 0.25) is 0 Å². The van der Waals surface area contributed by atoms with Gasteiger partial charge in [0.25, 0.3) is 0 Å². The number of hydrogen-bond acceptors (Lipinski definition) is 2. The minimum atomic E-state index is -0.107. The van der Waals surface area contributed by atoms with E-state index in [1.165, 1.54) is 22.2 Å². The number of aromatic nitrogens is 1. The summed E-state index contributed by atoms with van der Waals surface area (Å²) < 4.78 is 2.35. The Labute approximate surface area is 135 Å². The first-order chi connectivity index (χ1) is 11.2. The van der Waals surface area contributed by atoms with Crippen molar-refractivity contribution in [2.75, 3.05) is 13.1 Å². The number of fused-ring (bicyclic) bond motifs is 3. The summed E-state index contributed by atoms with van der Waals surface area (Å²) in [7, 11) is 0. The van der Waals surface area contributed by atoms with E-state index in [1.54, 1.807) is 0 Å². The fraction of sp³-hybridized carbons (Fsp3) is 0.471. The van der Waals surface area contributed by atoms with Crippen molar-refractivity contribution in [1.82, 2.24) is 9.47 Å². The normalized spacial score (nSPS) is 17.0. The predicted molar refractivity (Wildman–Crippen MR) is 90.1 cm³/mol. The zero-order valence-corrected chi connectivity index (χ0v) is 13.6. The highest BCUT2D eigenvalue weighted by molar-refractivity contribution is 5.87. The maximum Gasteiger partial charge on any atom is 0.229 e. The number of carbonyl (C=O) groups excluding carboxylic acids is 1. The summed E-state index contributed by atoms with van der Waals surface area (Å²) in [4.78, 5) is 16.8. The second-order valence-electron chi connectivity index (χ2n) is 5.93. The molecule has 120 valence electrons. The molecular weight excluding hydrogens is 290 g/mol. The van der Waals surface area contributed by atoms with Crippen LogP contribution in [0.15, 0.2) is 29.4 Å². The van der Waals surface area contributed by atoms with Gasteiger partial charge in [0.2, 0.25) is 5.91 Å². The third kappa shape index (κ3) is 2.55. The smallest absolute Gasteiger partial charge is 0.229 e. The molecule has 1 atom stereocenters. The lowest BCUT2D eigenvalue weighted by Gasteiger charge is -2.35. The Morgan fingerprint density at radius 2 is 2.22 bits per heavy atom. The van der Waals surface area contributed by atoms with E-state index in [9.17, 15) is 4.79 Å². The maximum absolute atomic E-state index is 12.3. The number of amides is 1. The molecule has 1 unspecified atom stereocenters. The largest absolute Gasteiger partial charge is 0.342 e. The molecule has 6 heteroatoms. The van der Waals surface area contributed by atoms with Crippen LogP contribution >= 0.6 is 0 Å². The molecule has 0 N–H and O–H groups in total. The molecule has 23 heavy (non-hydrogen) atoms. The number of para-hydroxylation sites is 1. The molecule has 1 aliphatic heterocycles. The molecule has 0 saturated heterocycles. The second-order valence-corrected chi connectivity index (χ2v) is 5.93. The van der Waals surface area contributed by atoms with Crippen molar-refractivity contribution in [2.45, 2.75) is 39.3 Å². The molecule has 1 aromatic heterocycles. The summed E-state index contributed by atoms with van der Waals surface area (Å²) in [6.07, 6.45) is 1.89. The zero-order chi connectivity index (χ0) is 16.4. The third-order valence-electron chi connectivity index (χ3n) is 4.62. The summed E-state index contributed by atoms with van der Waals surface area (Å²) in [6, 6.07) is 8.46. The van der Waals surface area contributed by atoms with Gasteiger partial charge in [0.05, 0.1) is 6.04 Å². The summed E-state index contributed by atoms with van der Waals surface area (Å²) in [6.45, 7) is 5.74. The Morgan fingerprint density at radius 3 is 2.96 bits per heavy atom. The zero-order valence-electron chi connectivity index (χ0n) is 13.6. The molecule has 0 saturated carbocycles. The van der Waals surface area contributed by atoms with Crippen LogP contribution in [0.4, 0.5) is 0 Å². The van der Waals surface area contributed by atoms with Gasteiger partial charge in [-0.3, -0.25) is 4.79 Å². The molecule has 6 nitrogen and oxygen atoms in total. The Morgan fingerprint density at radius 1 is 1.43 bits per heavy atom. The molecule has 1 aliphatic rings. The van der Waals surface area contributed by atoms with E-state index >= 15 is 0 Å². The number of rotatable bonds is 4. The maximum atomic E-state index is 12.3. The van der Waals surface area contributed by atoms with Crippen LogP contribution < -0.4 is 0 Å². The van der Waals surface area contributed by atoms with E-state index in [1.807, 2.05) is 4.90 Å². The highest BCUT2D eigenvalue weighted by Gasteiger charge is 2.31. The van der Waals surface area contributed by atoms with Gasteiger partial charge in [0, 0.05) is 34.6 Å². The standard InChI is InChI=1S/C17H21N5O/c1-3-9-22-15-7-5-4-6-13(15)14-8-10-21(12(2)17(14)22)16(23)11-19-20-18/h4-7,12H,3,8-11H2,1-2H3. The summed E-state index contributed by atoms with van der Waals surface area (Å²) in [5, 5.41) is 4.72. The molecule has 1 amide bonds. The number of nitrogens with zero attached hydrogens (tertiary/aromatic N) is 5. The molecule has 0 bridgehead atoms. The van der Waals surface area contributed by atoms with Crippen LogP contribution in [0.25, 0.3) is 21.3 Å². The van der Waals surface area contributed by atoms with Gasteiger partial charge in [0.1, 0.15) is 6.54 Å². The Kier molecular flexibility index (Phi) is 4.26. The van der Waals surface area contributed by atoms with E-state index in [0.717, 1.165) is 19.4 Å². The van der Waals surface area contributed by atoms with Gasteiger partial charge in [0.15, 0.2) is 0 Å². The van der Waals surface area contributed by atoms with Gasteiger partial charge >= 0.3 is 0 Å². The van der Waals surface area contributed by atoms with Crippen molar-refractivity contribution in [3.63, 3.8) is 0 Å². The first kappa shape index (κ1) is 15.4. The lowest BCUT2D eigenvalue weighted by atomic mass is 9.98. The van der Waals surface area contributed by atoms with Crippen LogP contribution in [0.3, 0.4) is 0 Å². The molecular formula is C17H21N5O. The van der Waals surface area contributed by atoms with E-state index in [-0.39, 0.29) is 18.5 Å². The van der Waals surface area contributed by atoms with Gasteiger partial charge < -0.3 is 9.47 Å². The minimum Gasteiger partial charge on any atom is -0.342 e. The van der Waals surface area contributed by atoms with Gasteiger partial charge in [-0.15, -0.1) is 0 Å². The van der Waals surface area contributed by atoms with Crippen LogP contribution in [0.5, 0.6) is 0 Å². The number of carbonyl (C=O) groups is 1. The monoisotopic (exact) mass is 311 g/mol. The van der Waals surface area contributed by atoms with Crippen molar-refractivity contribution in [1.29, 1.82) is 0 Å². The highest BCUT2D eigenvalue weighted by atomic mass is 16.2. The Bertz CT molecular complexity index is 788. The van der Waals surface area contributed by atoms with Crippen LogP contribution in [0, 0.1) is 0 Å². The fourth-order valence-electron chi connectivity index (χ4n) is 3.70. The summed E-state index contributed by atoms with van der Waals surface area (Å²) in [5.74, 6) is -0.103. The minimum absolute atomic E-state index is 0.000840. The number of aryl methyl sites for hydroxylation is 1. The first-order valence-corrected chi connectivity index (χ1v) is 8.09. The van der Waals surface area contributed by atoms with Crippen LogP contribution in [-0.4, -0.2) is 28.5 Å². The van der Waals surface area contributed by atoms with E-state index < -0.39 is 0 Å². The highest BCUT2D eigenvalue weighted by Crippen LogP contribution is 2.37. The first-order valence-electron chi connectivity index (χ1n) is 8.09. The van der Waals surface area contributed by atoms with Crippen LogP contribution in [-0.2, 0) is 17.8 Å². The van der Waals surface area contributed by atoms with Crippen molar-refractivity contribution in [3.05, 3.63) is 46.0 Å². The van der Waals surface area contributed by atoms with Crippen molar-refractivity contribution in [2.24, 2.45) is 5.11 Å². The molecule has 0 radical (unpaired) electrons. The van der Waals surface area contributed by atoms with E-state index in [4.69, 9.17) is 5.53 Å². The quantitative estimate of drug-likeness (QED) is 0.480. The molecule has 1 aromatic carbocycles. The van der Waals surface area contributed by atoms with Crippen molar-refractivity contribution >= 4 is 16.8 Å². The molecule has 0 spiro atoms. The lowest BCUT2D eigenvalue weighted by Crippen LogP contribution is -2.40. The SMILES string of the molecule is CCCn1c2c(c3ccccc31)CCN(C(=O)CN=[N+]=[N-])C2C. The Balaban J connectivity index is 2.07. The average molecular weight is 311 g/mol. The Hall–Kier alpha value is -2.46. The molecule has 2 heterocycles. The third-order valence-corrected chi connectivity index (χ3v) is 4.62. The van der Waals surface area contributed by atoms with Gasteiger partial charge in [-0.25, -0.2) is 0 Å². The van der Waals surface area contributed by atoms with E-state index in [0.29, 0.717) is 6.54 Å². The summed E-state index contributed by atoms with van der Waals surface area (Å²) in [5.41, 5.74) is 12.3. The summed E-state index contributed by atoms with van der Waals surface area (Å²) >= 11 is 0. The van der Waals surface area contributed by atoms with Gasteiger partial charge in [-0.2, -0.15) is 0 Å². The second kappa shape index (κ2) is 6.34. The van der Waals surface area contributed by atoms with Gasteiger partial charge in [-0.1, -0.05) is 30.2 Å². The van der Waals surface area contributed by atoms with E-state index in [2.05, 4.69) is 52.7 Å². The fourth-order valence-corrected chi connectivity index (χ4v) is 3.70. The van der Waals surface area contributed by atoms with Crippen LogP contribution in [0.1, 0.15) is 37.6 Å². The predicted octanol–water partition coefficient (Wildman–Crippen LogP) is 3.81. The van der Waals surface area contributed by atoms with Crippen molar-refractivity contribution in [3.8, 4) is 0 Å². The number of azide groups is 1. The number of hydrogen-bond donors (Lipinski definition) is 0. The lowest BCUT2D eigenvalue weighted by molar-refractivity contribution is -0.132. The molecule has 2 aromatic rings.